The maximum Gasteiger partial charge on any atom is 0.243 e. The number of benzene rings is 2. The third-order valence-corrected chi connectivity index (χ3v) is 4.70. The standard InChI is InChI=1S/C19H18ClFN2O2/c1-12-2-7-16(15(20)10-12)23-17(24)11-22-18(25)19(8-9-19)13-3-5-14(21)6-4-13/h2-7,10H,8-9,11H2,1H3,(H,22,25)(H,23,24). The van der Waals surface area contributed by atoms with Crippen molar-refractivity contribution in [2.75, 3.05) is 11.9 Å². The maximum absolute atomic E-state index is 13.1. The molecule has 1 aliphatic carbocycles. The first-order valence-corrected chi connectivity index (χ1v) is 8.39. The lowest BCUT2D eigenvalue weighted by molar-refractivity contribution is -0.126. The van der Waals surface area contributed by atoms with E-state index in [0.29, 0.717) is 23.6 Å². The number of aryl methyl sites for hydroxylation is 1. The summed E-state index contributed by atoms with van der Waals surface area (Å²) in [4.78, 5) is 24.5. The van der Waals surface area contributed by atoms with Gasteiger partial charge < -0.3 is 10.6 Å². The lowest BCUT2D eigenvalue weighted by atomic mass is 9.95. The molecule has 0 bridgehead atoms. The van der Waals surface area contributed by atoms with Crippen LogP contribution in [0.5, 0.6) is 0 Å². The Hall–Kier alpha value is -2.40. The molecule has 2 amide bonds. The number of amides is 2. The van der Waals surface area contributed by atoms with E-state index in [1.165, 1.54) is 12.1 Å². The molecule has 0 radical (unpaired) electrons. The Labute approximate surface area is 150 Å². The number of hydrogen-bond donors (Lipinski definition) is 2. The monoisotopic (exact) mass is 360 g/mol. The molecule has 4 nitrogen and oxygen atoms in total. The van der Waals surface area contributed by atoms with Crippen molar-refractivity contribution < 1.29 is 14.0 Å². The smallest absolute Gasteiger partial charge is 0.243 e. The van der Waals surface area contributed by atoms with Crippen LogP contribution in [0.1, 0.15) is 24.0 Å². The molecule has 2 aromatic rings. The van der Waals surface area contributed by atoms with Gasteiger partial charge in [0.2, 0.25) is 11.8 Å². The van der Waals surface area contributed by atoms with Crippen molar-refractivity contribution in [3.63, 3.8) is 0 Å². The van der Waals surface area contributed by atoms with Crippen molar-refractivity contribution in [3.8, 4) is 0 Å². The number of halogens is 2. The third-order valence-electron chi connectivity index (χ3n) is 4.39. The number of carbonyl (C=O) groups excluding carboxylic acids is 2. The van der Waals surface area contributed by atoms with E-state index in [1.54, 1.807) is 24.3 Å². The molecule has 2 N–H and O–H groups in total. The van der Waals surface area contributed by atoms with Crippen LogP contribution in [0, 0.1) is 12.7 Å². The summed E-state index contributed by atoms with van der Waals surface area (Å²) in [5.74, 6) is -0.910. The fraction of sp³-hybridized carbons (Fsp3) is 0.263. The summed E-state index contributed by atoms with van der Waals surface area (Å²) in [6, 6.07) is 11.2. The van der Waals surface area contributed by atoms with Crippen LogP contribution in [0.2, 0.25) is 5.02 Å². The molecule has 130 valence electrons. The molecule has 1 saturated carbocycles. The molecule has 3 rings (SSSR count). The summed E-state index contributed by atoms with van der Waals surface area (Å²) in [6.07, 6.45) is 1.38. The molecule has 25 heavy (non-hydrogen) atoms. The molecule has 1 fully saturated rings. The summed E-state index contributed by atoms with van der Waals surface area (Å²) in [7, 11) is 0. The van der Waals surface area contributed by atoms with Gasteiger partial charge in [-0.15, -0.1) is 0 Å². The molecular weight excluding hydrogens is 343 g/mol. The van der Waals surface area contributed by atoms with Crippen LogP contribution in [-0.2, 0) is 15.0 Å². The first-order chi connectivity index (χ1) is 11.9. The topological polar surface area (TPSA) is 58.2 Å². The molecular formula is C19H18ClFN2O2. The lowest BCUT2D eigenvalue weighted by Gasteiger charge is -2.16. The fourth-order valence-electron chi connectivity index (χ4n) is 2.79. The van der Waals surface area contributed by atoms with Crippen LogP contribution in [-0.4, -0.2) is 18.4 Å². The average molecular weight is 361 g/mol. The zero-order valence-electron chi connectivity index (χ0n) is 13.7. The summed E-state index contributed by atoms with van der Waals surface area (Å²) < 4.78 is 13.1. The van der Waals surface area contributed by atoms with Crippen molar-refractivity contribution >= 4 is 29.1 Å². The summed E-state index contributed by atoms with van der Waals surface area (Å²) >= 11 is 6.08. The lowest BCUT2D eigenvalue weighted by Crippen LogP contribution is -2.39. The van der Waals surface area contributed by atoms with Gasteiger partial charge in [-0.05, 0) is 55.2 Å². The Morgan fingerprint density at radius 1 is 1.16 bits per heavy atom. The van der Waals surface area contributed by atoms with Crippen LogP contribution in [0.3, 0.4) is 0 Å². The first kappa shape index (κ1) is 17.4. The number of hydrogen-bond acceptors (Lipinski definition) is 2. The largest absolute Gasteiger partial charge is 0.346 e. The van der Waals surface area contributed by atoms with Gasteiger partial charge in [-0.25, -0.2) is 4.39 Å². The summed E-state index contributed by atoms with van der Waals surface area (Å²) in [6.45, 7) is 1.76. The van der Waals surface area contributed by atoms with E-state index < -0.39 is 5.41 Å². The number of carbonyl (C=O) groups is 2. The quantitative estimate of drug-likeness (QED) is 0.856. The van der Waals surface area contributed by atoms with E-state index in [0.717, 1.165) is 11.1 Å². The Morgan fingerprint density at radius 2 is 1.84 bits per heavy atom. The highest BCUT2D eigenvalue weighted by molar-refractivity contribution is 6.33. The van der Waals surface area contributed by atoms with Gasteiger partial charge >= 0.3 is 0 Å². The molecule has 0 unspecified atom stereocenters. The van der Waals surface area contributed by atoms with Crippen LogP contribution < -0.4 is 10.6 Å². The van der Waals surface area contributed by atoms with Gasteiger partial charge in [0.1, 0.15) is 5.82 Å². The third kappa shape index (κ3) is 3.82. The van der Waals surface area contributed by atoms with Crippen LogP contribution >= 0.6 is 11.6 Å². The van der Waals surface area contributed by atoms with Gasteiger partial charge in [0.15, 0.2) is 0 Å². The minimum absolute atomic E-state index is 0.147. The van der Waals surface area contributed by atoms with Gasteiger partial charge in [0.25, 0.3) is 0 Å². The second-order valence-electron chi connectivity index (χ2n) is 6.30. The molecule has 2 aromatic carbocycles. The van der Waals surface area contributed by atoms with Crippen LogP contribution in [0.4, 0.5) is 10.1 Å². The minimum Gasteiger partial charge on any atom is -0.346 e. The second-order valence-corrected chi connectivity index (χ2v) is 6.71. The van der Waals surface area contributed by atoms with Gasteiger partial charge in [0.05, 0.1) is 22.7 Å². The normalized spacial score (nSPS) is 14.7. The van der Waals surface area contributed by atoms with E-state index >= 15 is 0 Å². The zero-order chi connectivity index (χ0) is 18.0. The summed E-state index contributed by atoms with van der Waals surface area (Å²) in [5, 5.41) is 5.79. The van der Waals surface area contributed by atoms with E-state index in [9.17, 15) is 14.0 Å². The molecule has 0 spiro atoms. The van der Waals surface area contributed by atoms with Gasteiger partial charge in [0, 0.05) is 0 Å². The van der Waals surface area contributed by atoms with Crippen molar-refractivity contribution in [2.45, 2.75) is 25.2 Å². The highest BCUT2D eigenvalue weighted by Gasteiger charge is 2.51. The fourth-order valence-corrected chi connectivity index (χ4v) is 3.07. The van der Waals surface area contributed by atoms with E-state index in [1.807, 2.05) is 13.0 Å². The van der Waals surface area contributed by atoms with Gasteiger partial charge in [-0.2, -0.15) is 0 Å². The Morgan fingerprint density at radius 3 is 2.44 bits per heavy atom. The predicted molar refractivity (Wildman–Crippen MR) is 95.1 cm³/mol. The van der Waals surface area contributed by atoms with Crippen molar-refractivity contribution in [1.82, 2.24) is 5.32 Å². The molecule has 1 aliphatic rings. The zero-order valence-corrected chi connectivity index (χ0v) is 14.5. The number of rotatable bonds is 5. The predicted octanol–water partition coefficient (Wildman–Crippen LogP) is 3.57. The average Bonchev–Trinajstić information content (AvgIpc) is 3.38. The Balaban J connectivity index is 1.58. The van der Waals surface area contributed by atoms with E-state index in [2.05, 4.69) is 10.6 Å². The maximum atomic E-state index is 13.1. The molecule has 0 atom stereocenters. The Bertz CT molecular complexity index is 817. The van der Waals surface area contributed by atoms with Crippen LogP contribution in [0.25, 0.3) is 0 Å². The molecule has 6 heteroatoms. The van der Waals surface area contributed by atoms with E-state index in [4.69, 9.17) is 11.6 Å². The number of anilines is 1. The van der Waals surface area contributed by atoms with Gasteiger partial charge in [-0.3, -0.25) is 9.59 Å². The van der Waals surface area contributed by atoms with Crippen molar-refractivity contribution in [2.24, 2.45) is 0 Å². The van der Waals surface area contributed by atoms with Crippen molar-refractivity contribution in [1.29, 1.82) is 0 Å². The minimum atomic E-state index is -0.643. The first-order valence-electron chi connectivity index (χ1n) is 8.01. The van der Waals surface area contributed by atoms with Crippen LogP contribution in [0.15, 0.2) is 42.5 Å². The molecule has 0 heterocycles. The second kappa shape index (κ2) is 6.84. The summed E-state index contributed by atoms with van der Waals surface area (Å²) in [5.41, 5.74) is 1.63. The highest BCUT2D eigenvalue weighted by Crippen LogP contribution is 2.48. The van der Waals surface area contributed by atoms with Crippen molar-refractivity contribution in [3.05, 3.63) is 64.4 Å². The molecule has 0 aromatic heterocycles. The number of nitrogens with one attached hydrogen (secondary N) is 2. The molecule has 0 saturated heterocycles. The SMILES string of the molecule is Cc1ccc(NC(=O)CNC(=O)C2(c3ccc(F)cc3)CC2)c(Cl)c1. The van der Waals surface area contributed by atoms with Gasteiger partial charge in [-0.1, -0.05) is 29.8 Å². The highest BCUT2D eigenvalue weighted by atomic mass is 35.5. The Kier molecular flexibility index (Phi) is 4.77. The van der Waals surface area contributed by atoms with E-state index in [-0.39, 0.29) is 24.2 Å². The molecule has 0 aliphatic heterocycles.